The normalized spacial score (nSPS) is 11.3. The first-order valence-corrected chi connectivity index (χ1v) is 2.46. The van der Waals surface area contributed by atoms with Crippen molar-refractivity contribution in [1.29, 1.82) is 5.39 Å². The quantitative estimate of drug-likeness (QED) is 0.255. The number of rotatable bonds is 1. The maximum Gasteiger partial charge on any atom is 0.504 e. The van der Waals surface area contributed by atoms with Gasteiger partial charge < -0.3 is 9.84 Å². The van der Waals surface area contributed by atoms with Crippen LogP contribution < -0.4 is 0 Å². The summed E-state index contributed by atoms with van der Waals surface area (Å²) in [6, 6.07) is 0. The van der Waals surface area contributed by atoms with E-state index in [-0.39, 0.29) is 5.76 Å². The summed E-state index contributed by atoms with van der Waals surface area (Å²) in [5.41, 5.74) is -0.484. The van der Waals surface area contributed by atoms with Gasteiger partial charge in [0.05, 0.1) is 7.11 Å². The zero-order valence-corrected chi connectivity index (χ0v) is 5.66. The molecule has 0 saturated carbocycles. The number of diazo groups is 1. The highest BCUT2D eigenvalue weighted by Crippen LogP contribution is 2.03. The van der Waals surface area contributed by atoms with Crippen molar-refractivity contribution < 1.29 is 14.6 Å². The topological polar surface area (TPSA) is 74.7 Å². The number of aliphatic hydroxyl groups excluding tert-OH is 1. The molecule has 0 radical (unpaired) electrons. The van der Waals surface area contributed by atoms with Crippen LogP contribution in [-0.2, 0) is 9.53 Å². The molecule has 0 amide bonds. The number of hydrogen-bond acceptors (Lipinski definition) is 4. The Morgan fingerprint density at radius 2 is 2.20 bits per heavy atom. The molecule has 5 heteroatoms. The summed E-state index contributed by atoms with van der Waals surface area (Å²) in [5, 5.41) is 16.7. The molecular formula is C5H7N2O3+. The molecule has 10 heavy (non-hydrogen) atoms. The van der Waals surface area contributed by atoms with E-state index in [2.05, 4.69) is 9.71 Å². The van der Waals surface area contributed by atoms with Gasteiger partial charge in [-0.05, 0) is 0 Å². The lowest BCUT2D eigenvalue weighted by Crippen LogP contribution is -2.03. The molecule has 0 atom stereocenters. The Morgan fingerprint density at radius 1 is 1.70 bits per heavy atom. The minimum absolute atomic E-state index is 0.380. The number of hydrogen-bond donors (Lipinski definition) is 1. The molecule has 0 heterocycles. The van der Waals surface area contributed by atoms with E-state index >= 15 is 0 Å². The molecule has 0 spiro atoms. The summed E-state index contributed by atoms with van der Waals surface area (Å²) < 4.78 is 4.15. The molecule has 0 aromatic carbocycles. The molecule has 54 valence electrons. The van der Waals surface area contributed by atoms with Crippen LogP contribution in [0.25, 0.3) is 4.98 Å². The fourth-order valence-corrected chi connectivity index (χ4v) is 0.358. The number of aliphatic hydroxyl groups is 1. The average Bonchev–Trinajstić information content (AvgIpc) is 1.88. The van der Waals surface area contributed by atoms with Crippen LogP contribution >= 0.6 is 0 Å². The summed E-state index contributed by atoms with van der Waals surface area (Å²) in [7, 11) is 1.12. The lowest BCUT2D eigenvalue weighted by atomic mass is 10.4. The number of carbonyl (C=O) groups is 1. The standard InChI is InChI=1S/C5H6N2O3/c1-3(8)4(7-6)5(9)10-2/h1-2H3/p+1. The molecule has 5 nitrogen and oxygen atoms in total. The molecule has 0 aliphatic carbocycles. The highest BCUT2D eigenvalue weighted by molar-refractivity contribution is 5.90. The fraction of sp³-hybridized carbons (Fsp3) is 0.400. The largest absolute Gasteiger partial charge is 0.505 e. The van der Waals surface area contributed by atoms with Crippen molar-refractivity contribution >= 4 is 5.97 Å². The van der Waals surface area contributed by atoms with Crippen molar-refractivity contribution in [3.8, 4) is 0 Å². The Kier molecular flexibility index (Phi) is 2.91. The molecule has 0 aromatic heterocycles. The molecule has 0 aliphatic rings. The Labute approximate surface area is 57.5 Å². The van der Waals surface area contributed by atoms with Crippen LogP contribution in [-0.4, -0.2) is 18.2 Å². The average molecular weight is 143 g/mol. The lowest BCUT2D eigenvalue weighted by molar-refractivity contribution is -0.135. The summed E-state index contributed by atoms with van der Waals surface area (Å²) in [5.74, 6) is -1.25. The highest BCUT2D eigenvalue weighted by Gasteiger charge is 2.27. The van der Waals surface area contributed by atoms with E-state index in [0.717, 1.165) is 7.11 Å². The van der Waals surface area contributed by atoms with Crippen LogP contribution in [0.5, 0.6) is 0 Å². The third-order valence-electron chi connectivity index (χ3n) is 0.821. The van der Waals surface area contributed by atoms with Gasteiger partial charge in [0.25, 0.3) is 0 Å². The van der Waals surface area contributed by atoms with Gasteiger partial charge in [0, 0.05) is 6.92 Å². The van der Waals surface area contributed by atoms with Gasteiger partial charge in [-0.3, -0.25) is 0 Å². The molecule has 1 N–H and O–H groups in total. The number of allylic oxidation sites excluding steroid dienone is 1. The van der Waals surface area contributed by atoms with Gasteiger partial charge >= 0.3 is 11.7 Å². The summed E-state index contributed by atoms with van der Waals surface area (Å²) >= 11 is 0. The van der Waals surface area contributed by atoms with Crippen molar-refractivity contribution in [2.45, 2.75) is 6.92 Å². The third-order valence-corrected chi connectivity index (χ3v) is 0.821. The molecule has 0 aliphatic heterocycles. The predicted molar refractivity (Wildman–Crippen MR) is 32.4 cm³/mol. The van der Waals surface area contributed by atoms with Crippen LogP contribution in [0, 0.1) is 5.39 Å². The Balaban J connectivity index is 4.59. The maximum absolute atomic E-state index is 10.5. The van der Waals surface area contributed by atoms with E-state index in [1.165, 1.54) is 6.92 Å². The third kappa shape index (κ3) is 1.74. The fourth-order valence-electron chi connectivity index (χ4n) is 0.358. The first-order valence-electron chi connectivity index (χ1n) is 2.46. The van der Waals surface area contributed by atoms with E-state index in [4.69, 9.17) is 10.5 Å². The second-order valence-electron chi connectivity index (χ2n) is 1.53. The van der Waals surface area contributed by atoms with Gasteiger partial charge in [-0.25, -0.2) is 4.79 Å². The van der Waals surface area contributed by atoms with Crippen LogP contribution in [0.2, 0.25) is 0 Å². The van der Waals surface area contributed by atoms with Crippen molar-refractivity contribution in [3.05, 3.63) is 16.4 Å². The van der Waals surface area contributed by atoms with Crippen LogP contribution in [0.3, 0.4) is 0 Å². The van der Waals surface area contributed by atoms with E-state index < -0.39 is 11.7 Å². The number of methoxy groups -OCH3 is 1. The molecular weight excluding hydrogens is 136 g/mol. The lowest BCUT2D eigenvalue weighted by Gasteiger charge is -1.86. The van der Waals surface area contributed by atoms with Crippen molar-refractivity contribution in [3.63, 3.8) is 0 Å². The maximum atomic E-state index is 10.5. The van der Waals surface area contributed by atoms with Gasteiger partial charge in [0.15, 0.2) is 10.7 Å². The number of ether oxygens (including phenoxy) is 1. The first kappa shape index (κ1) is 8.43. The summed E-state index contributed by atoms with van der Waals surface area (Å²) in [4.78, 5) is 13.0. The monoisotopic (exact) mass is 143 g/mol. The Hall–Kier alpha value is -1.57. The van der Waals surface area contributed by atoms with Crippen molar-refractivity contribution in [2.24, 2.45) is 0 Å². The van der Waals surface area contributed by atoms with Crippen molar-refractivity contribution in [2.75, 3.05) is 7.11 Å². The molecule has 0 unspecified atom stereocenters. The van der Waals surface area contributed by atoms with E-state index in [1.54, 1.807) is 0 Å². The zero-order valence-electron chi connectivity index (χ0n) is 5.66. The second kappa shape index (κ2) is 3.45. The molecule has 0 fully saturated rings. The number of esters is 1. The second-order valence-corrected chi connectivity index (χ2v) is 1.53. The van der Waals surface area contributed by atoms with Gasteiger partial charge in [-0.15, -0.1) is 0 Å². The minimum atomic E-state index is -0.873. The minimum Gasteiger partial charge on any atom is -0.505 e. The van der Waals surface area contributed by atoms with E-state index in [0.29, 0.717) is 0 Å². The summed E-state index contributed by atoms with van der Waals surface area (Å²) in [6.07, 6.45) is 0. The highest BCUT2D eigenvalue weighted by atomic mass is 16.5. The van der Waals surface area contributed by atoms with Crippen LogP contribution in [0.1, 0.15) is 6.92 Å². The van der Waals surface area contributed by atoms with Crippen molar-refractivity contribution in [1.82, 2.24) is 0 Å². The number of carbonyl (C=O) groups excluding carboxylic acids is 1. The first-order chi connectivity index (χ1) is 4.63. The van der Waals surface area contributed by atoms with Crippen LogP contribution in [0.15, 0.2) is 11.5 Å². The Morgan fingerprint density at radius 3 is 2.30 bits per heavy atom. The number of nitrogens with zero attached hydrogens (tertiary/aromatic N) is 2. The van der Waals surface area contributed by atoms with E-state index in [9.17, 15) is 4.79 Å². The van der Waals surface area contributed by atoms with Gasteiger partial charge in [-0.2, -0.15) is 0 Å². The van der Waals surface area contributed by atoms with Crippen LogP contribution in [0.4, 0.5) is 0 Å². The Bertz CT molecular complexity index is 209. The van der Waals surface area contributed by atoms with Gasteiger partial charge in [0.2, 0.25) is 5.39 Å². The molecule has 0 saturated heterocycles. The van der Waals surface area contributed by atoms with E-state index in [1.807, 2.05) is 0 Å². The molecule has 0 rings (SSSR count). The van der Waals surface area contributed by atoms with Gasteiger partial charge in [0.1, 0.15) is 0 Å². The van der Waals surface area contributed by atoms with Gasteiger partial charge in [-0.1, -0.05) is 0 Å². The molecule has 0 bridgehead atoms. The smallest absolute Gasteiger partial charge is 0.504 e. The molecule has 0 aromatic rings. The summed E-state index contributed by atoms with van der Waals surface area (Å²) in [6.45, 7) is 1.21. The predicted octanol–water partition coefficient (Wildman–Crippen LogP) is 0.802. The SMILES string of the molecule is COC(=O)/C([N+]#N)=C(/C)O. The zero-order chi connectivity index (χ0) is 8.15.